The Kier molecular flexibility index (Phi) is 4.09. The molecule has 2 N–H and O–H groups in total. The fourth-order valence-corrected chi connectivity index (χ4v) is 3.17. The average molecular weight is 309 g/mol. The molecule has 1 unspecified atom stereocenters. The number of amides is 2. The van der Waals surface area contributed by atoms with Gasteiger partial charge in [0.15, 0.2) is 0 Å². The summed E-state index contributed by atoms with van der Waals surface area (Å²) in [5, 5.41) is 12.9. The minimum atomic E-state index is -0.00816. The van der Waals surface area contributed by atoms with Gasteiger partial charge in [-0.3, -0.25) is 0 Å². The third-order valence-electron chi connectivity index (χ3n) is 4.72. The highest BCUT2D eigenvalue weighted by atomic mass is 35.5. The van der Waals surface area contributed by atoms with E-state index in [1.54, 1.807) is 4.90 Å². The molecule has 3 rings (SSSR count). The molecule has 1 saturated carbocycles. The highest BCUT2D eigenvalue weighted by Crippen LogP contribution is 2.47. The third kappa shape index (κ3) is 3.16. The lowest BCUT2D eigenvalue weighted by Crippen LogP contribution is -2.42. The second kappa shape index (κ2) is 5.85. The van der Waals surface area contributed by atoms with E-state index >= 15 is 0 Å². The lowest BCUT2D eigenvalue weighted by atomic mass is 9.96. The Morgan fingerprint density at radius 2 is 2.10 bits per heavy atom. The summed E-state index contributed by atoms with van der Waals surface area (Å²) in [6, 6.07) is 7.92. The Hall–Kier alpha value is -1.26. The maximum atomic E-state index is 12.2. The molecular weight excluding hydrogens is 288 g/mol. The van der Waals surface area contributed by atoms with Gasteiger partial charge in [0, 0.05) is 42.6 Å². The van der Waals surface area contributed by atoms with E-state index in [1.165, 1.54) is 5.56 Å². The number of urea groups is 1. The molecule has 2 aliphatic rings. The molecule has 21 heavy (non-hydrogen) atoms. The zero-order valence-corrected chi connectivity index (χ0v) is 12.8. The topological polar surface area (TPSA) is 52.6 Å². The highest BCUT2D eigenvalue weighted by molar-refractivity contribution is 6.30. The lowest BCUT2D eigenvalue weighted by Gasteiger charge is -2.21. The van der Waals surface area contributed by atoms with Gasteiger partial charge >= 0.3 is 6.03 Å². The van der Waals surface area contributed by atoms with Crippen LogP contribution in [0.25, 0.3) is 0 Å². The smallest absolute Gasteiger partial charge is 0.317 e. The molecule has 1 aromatic rings. The minimum Gasteiger partial charge on any atom is -0.396 e. The molecule has 1 aliphatic carbocycles. The standard InChI is InChI=1S/C16H21ClN2O2/c17-14-3-1-13(2-4-14)16(6-7-16)11-18-15(21)19-8-5-12(9-19)10-20/h1-4,12,20H,5-11H2,(H,18,21). The van der Waals surface area contributed by atoms with Gasteiger partial charge in [-0.2, -0.15) is 0 Å². The largest absolute Gasteiger partial charge is 0.396 e. The number of nitrogens with one attached hydrogen (secondary N) is 1. The molecular formula is C16H21ClN2O2. The summed E-state index contributed by atoms with van der Waals surface area (Å²) in [6.07, 6.45) is 3.11. The van der Waals surface area contributed by atoms with Crippen LogP contribution in [0.2, 0.25) is 5.02 Å². The fraction of sp³-hybridized carbons (Fsp3) is 0.562. The van der Waals surface area contributed by atoms with Crippen molar-refractivity contribution in [3.05, 3.63) is 34.9 Å². The Bertz CT molecular complexity index is 514. The molecule has 0 radical (unpaired) electrons. The highest BCUT2D eigenvalue weighted by Gasteiger charge is 2.44. The summed E-state index contributed by atoms with van der Waals surface area (Å²) in [4.78, 5) is 14.0. The van der Waals surface area contributed by atoms with E-state index in [0.717, 1.165) is 30.8 Å². The number of carbonyl (C=O) groups is 1. The van der Waals surface area contributed by atoms with Crippen LogP contribution in [0, 0.1) is 5.92 Å². The number of likely N-dealkylation sites (tertiary alicyclic amines) is 1. The van der Waals surface area contributed by atoms with Crippen LogP contribution in [0.15, 0.2) is 24.3 Å². The lowest BCUT2D eigenvalue weighted by molar-refractivity contribution is 0.197. The summed E-state index contributed by atoms with van der Waals surface area (Å²) in [5.74, 6) is 0.238. The Morgan fingerprint density at radius 3 is 2.67 bits per heavy atom. The number of rotatable bonds is 4. The number of halogens is 1. The first-order chi connectivity index (χ1) is 10.1. The van der Waals surface area contributed by atoms with Gasteiger partial charge in [-0.05, 0) is 37.0 Å². The molecule has 0 aromatic heterocycles. The monoisotopic (exact) mass is 308 g/mol. The van der Waals surface area contributed by atoms with Crippen LogP contribution in [0.3, 0.4) is 0 Å². The van der Waals surface area contributed by atoms with Crippen molar-refractivity contribution in [2.45, 2.75) is 24.7 Å². The van der Waals surface area contributed by atoms with Crippen molar-refractivity contribution in [1.82, 2.24) is 10.2 Å². The molecule has 5 heteroatoms. The predicted octanol–water partition coefficient (Wildman–Crippen LogP) is 2.40. The Morgan fingerprint density at radius 1 is 1.38 bits per heavy atom. The van der Waals surface area contributed by atoms with Crippen LogP contribution in [-0.2, 0) is 5.41 Å². The van der Waals surface area contributed by atoms with Gasteiger partial charge in [0.05, 0.1) is 0 Å². The number of carbonyl (C=O) groups excluding carboxylic acids is 1. The van der Waals surface area contributed by atoms with Crippen LogP contribution in [0.4, 0.5) is 4.79 Å². The number of nitrogens with zero attached hydrogens (tertiary/aromatic N) is 1. The molecule has 1 saturated heterocycles. The zero-order chi connectivity index (χ0) is 14.9. The van der Waals surface area contributed by atoms with Crippen molar-refractivity contribution in [1.29, 1.82) is 0 Å². The molecule has 2 amide bonds. The van der Waals surface area contributed by atoms with Gasteiger partial charge < -0.3 is 15.3 Å². The summed E-state index contributed by atoms with van der Waals surface area (Å²) >= 11 is 5.93. The molecule has 1 aliphatic heterocycles. The maximum Gasteiger partial charge on any atom is 0.317 e. The normalized spacial score (nSPS) is 23.1. The van der Waals surface area contributed by atoms with Crippen LogP contribution < -0.4 is 5.32 Å². The fourth-order valence-electron chi connectivity index (χ4n) is 3.04. The van der Waals surface area contributed by atoms with Gasteiger partial charge in [-0.15, -0.1) is 0 Å². The van der Waals surface area contributed by atoms with Gasteiger partial charge in [0.1, 0.15) is 0 Å². The molecule has 1 heterocycles. The van der Waals surface area contributed by atoms with Crippen LogP contribution in [0.5, 0.6) is 0 Å². The van der Waals surface area contributed by atoms with Gasteiger partial charge in [0.2, 0.25) is 0 Å². The average Bonchev–Trinajstić information content (AvgIpc) is 3.13. The number of benzene rings is 1. The second-order valence-electron chi connectivity index (χ2n) is 6.23. The molecule has 1 aromatic carbocycles. The van der Waals surface area contributed by atoms with E-state index in [9.17, 15) is 4.79 Å². The van der Waals surface area contributed by atoms with Gasteiger partial charge in [-0.1, -0.05) is 23.7 Å². The zero-order valence-electron chi connectivity index (χ0n) is 12.0. The quantitative estimate of drug-likeness (QED) is 0.897. The van der Waals surface area contributed by atoms with Crippen LogP contribution in [-0.4, -0.2) is 42.3 Å². The Labute approximate surface area is 130 Å². The molecule has 4 nitrogen and oxygen atoms in total. The summed E-state index contributed by atoms with van der Waals surface area (Å²) in [6.45, 7) is 2.24. The number of aliphatic hydroxyl groups excluding tert-OH is 1. The van der Waals surface area contributed by atoms with E-state index < -0.39 is 0 Å². The first-order valence-electron chi connectivity index (χ1n) is 7.53. The van der Waals surface area contributed by atoms with Crippen molar-refractivity contribution in [3.8, 4) is 0 Å². The summed E-state index contributed by atoms with van der Waals surface area (Å²) in [5.41, 5.74) is 1.35. The predicted molar refractivity (Wildman–Crippen MR) is 82.5 cm³/mol. The first kappa shape index (κ1) is 14.7. The second-order valence-corrected chi connectivity index (χ2v) is 6.67. The van der Waals surface area contributed by atoms with E-state index in [4.69, 9.17) is 16.7 Å². The van der Waals surface area contributed by atoms with E-state index in [2.05, 4.69) is 17.4 Å². The summed E-state index contributed by atoms with van der Waals surface area (Å²) < 4.78 is 0. The van der Waals surface area contributed by atoms with Crippen molar-refractivity contribution in [3.63, 3.8) is 0 Å². The molecule has 0 spiro atoms. The van der Waals surface area contributed by atoms with Gasteiger partial charge in [-0.25, -0.2) is 4.79 Å². The number of hydrogen-bond acceptors (Lipinski definition) is 2. The third-order valence-corrected chi connectivity index (χ3v) is 4.97. The first-order valence-corrected chi connectivity index (χ1v) is 7.90. The molecule has 114 valence electrons. The molecule has 1 atom stereocenters. The molecule has 2 fully saturated rings. The van der Waals surface area contributed by atoms with Crippen LogP contribution in [0.1, 0.15) is 24.8 Å². The van der Waals surface area contributed by atoms with E-state index in [0.29, 0.717) is 13.1 Å². The number of hydrogen-bond donors (Lipinski definition) is 2. The SMILES string of the molecule is O=C(NCC1(c2ccc(Cl)cc2)CC1)N1CCC(CO)C1. The maximum absolute atomic E-state index is 12.2. The van der Waals surface area contributed by atoms with Crippen LogP contribution >= 0.6 is 11.6 Å². The molecule has 0 bridgehead atoms. The van der Waals surface area contributed by atoms with Gasteiger partial charge in [0.25, 0.3) is 0 Å². The van der Waals surface area contributed by atoms with E-state index in [1.807, 2.05) is 12.1 Å². The Balaban J connectivity index is 1.55. The number of aliphatic hydroxyl groups is 1. The van der Waals surface area contributed by atoms with Crippen molar-refractivity contribution in [2.24, 2.45) is 5.92 Å². The minimum absolute atomic E-state index is 0.00816. The van der Waals surface area contributed by atoms with Crippen molar-refractivity contribution in [2.75, 3.05) is 26.2 Å². The van der Waals surface area contributed by atoms with E-state index in [-0.39, 0.29) is 24.0 Å². The summed E-state index contributed by atoms with van der Waals surface area (Å²) in [7, 11) is 0. The van der Waals surface area contributed by atoms with Crippen molar-refractivity contribution < 1.29 is 9.90 Å². The van der Waals surface area contributed by atoms with Crippen molar-refractivity contribution >= 4 is 17.6 Å².